The van der Waals surface area contributed by atoms with Crippen LogP contribution in [0, 0.1) is 0 Å². The molecule has 1 aromatic carbocycles. The molecule has 0 radical (unpaired) electrons. The average molecular weight is 291 g/mol. The molecule has 0 fully saturated rings. The summed E-state index contributed by atoms with van der Waals surface area (Å²) < 4.78 is 6.29. The van der Waals surface area contributed by atoms with Crippen LogP contribution in [0.5, 0.6) is 0 Å². The van der Waals surface area contributed by atoms with Crippen LogP contribution in [0.25, 0.3) is 22.2 Å². The van der Waals surface area contributed by atoms with E-state index < -0.39 is 0 Å². The van der Waals surface area contributed by atoms with E-state index in [0.29, 0.717) is 17.8 Å². The van der Waals surface area contributed by atoms with Gasteiger partial charge < -0.3 is 4.42 Å². The molecular weight excluding hydrogens is 284 g/mol. The minimum Gasteiger partial charge on any atom is -0.453 e. The first-order valence-electron chi connectivity index (χ1n) is 4.96. The third kappa shape index (κ3) is 1.68. The molecule has 0 amide bonds. The number of halogens is 1. The third-order valence-electron chi connectivity index (χ3n) is 2.54. The highest BCUT2D eigenvalue weighted by molar-refractivity contribution is 9.10. The Hall–Kier alpha value is -1.88. The number of fused-ring (bicyclic) bond motifs is 1. The van der Waals surface area contributed by atoms with Crippen LogP contribution in [0.15, 0.2) is 39.4 Å². The van der Waals surface area contributed by atoms with Gasteiger partial charge in [0.25, 0.3) is 0 Å². The Bertz CT molecular complexity index is 699. The van der Waals surface area contributed by atoms with Crippen LogP contribution in [0.4, 0.5) is 0 Å². The highest BCUT2D eigenvalue weighted by atomic mass is 79.9. The monoisotopic (exact) mass is 290 g/mol. The number of furan rings is 1. The molecule has 3 rings (SSSR count). The van der Waals surface area contributed by atoms with E-state index in [9.17, 15) is 4.79 Å². The van der Waals surface area contributed by atoms with E-state index in [1.807, 2.05) is 12.1 Å². The number of carbonyl (C=O) groups is 1. The number of nitrogens with one attached hydrogen (secondary N) is 1. The predicted octanol–water partition coefficient (Wildman–Crippen LogP) is 3.40. The fourth-order valence-electron chi connectivity index (χ4n) is 1.71. The summed E-state index contributed by atoms with van der Waals surface area (Å²) in [5.74, 6) is 0.965. The molecule has 0 spiro atoms. The summed E-state index contributed by atoms with van der Waals surface area (Å²) in [7, 11) is 0. The summed E-state index contributed by atoms with van der Waals surface area (Å²) in [6, 6.07) is 7.30. The SMILES string of the molecule is O=Cc1ccc(-c2cc3[nH]ncc3cc2Br)o1. The van der Waals surface area contributed by atoms with Gasteiger partial charge in [-0.1, -0.05) is 15.9 Å². The molecule has 2 aromatic heterocycles. The summed E-state index contributed by atoms with van der Waals surface area (Å²) in [6.07, 6.45) is 2.44. The van der Waals surface area contributed by atoms with Crippen molar-refractivity contribution in [1.82, 2.24) is 10.2 Å². The Morgan fingerprint density at radius 1 is 1.35 bits per heavy atom. The molecule has 5 heteroatoms. The minimum atomic E-state index is 0.316. The molecule has 3 aromatic rings. The van der Waals surface area contributed by atoms with E-state index in [4.69, 9.17) is 4.42 Å². The number of aldehydes is 1. The van der Waals surface area contributed by atoms with Crippen molar-refractivity contribution in [3.05, 3.63) is 40.7 Å². The van der Waals surface area contributed by atoms with Crippen molar-refractivity contribution in [3.8, 4) is 11.3 Å². The maximum absolute atomic E-state index is 10.6. The third-order valence-corrected chi connectivity index (χ3v) is 3.19. The number of H-pyrrole nitrogens is 1. The van der Waals surface area contributed by atoms with Crippen LogP contribution in [0.1, 0.15) is 10.6 Å². The first kappa shape index (κ1) is 10.3. The average Bonchev–Trinajstić information content (AvgIpc) is 2.94. The number of aromatic amines is 1. The fourth-order valence-corrected chi connectivity index (χ4v) is 2.27. The van der Waals surface area contributed by atoms with Gasteiger partial charge in [-0.3, -0.25) is 9.89 Å². The van der Waals surface area contributed by atoms with Gasteiger partial charge >= 0.3 is 0 Å². The molecule has 17 heavy (non-hydrogen) atoms. The van der Waals surface area contributed by atoms with E-state index in [1.54, 1.807) is 18.3 Å². The highest BCUT2D eigenvalue weighted by Crippen LogP contribution is 2.32. The standard InChI is InChI=1S/C12H7BrN2O2/c13-10-3-7-5-14-15-11(7)4-9(10)12-2-1-8(6-16)17-12/h1-6H,(H,14,15). The number of hydrogen-bond acceptors (Lipinski definition) is 3. The minimum absolute atomic E-state index is 0.316. The molecule has 84 valence electrons. The Morgan fingerprint density at radius 3 is 3.00 bits per heavy atom. The van der Waals surface area contributed by atoms with Crippen molar-refractivity contribution in [3.63, 3.8) is 0 Å². The number of aromatic nitrogens is 2. The van der Waals surface area contributed by atoms with Crippen molar-refractivity contribution in [2.45, 2.75) is 0 Å². The second-order valence-corrected chi connectivity index (χ2v) is 4.46. The van der Waals surface area contributed by atoms with Crippen LogP contribution >= 0.6 is 15.9 Å². The van der Waals surface area contributed by atoms with E-state index in [1.165, 1.54) is 0 Å². The lowest BCUT2D eigenvalue weighted by Crippen LogP contribution is -1.78. The lowest BCUT2D eigenvalue weighted by atomic mass is 10.1. The first-order chi connectivity index (χ1) is 8.28. The highest BCUT2D eigenvalue weighted by Gasteiger charge is 2.10. The largest absolute Gasteiger partial charge is 0.453 e. The topological polar surface area (TPSA) is 58.9 Å². The summed E-state index contributed by atoms with van der Waals surface area (Å²) in [5.41, 5.74) is 1.81. The summed E-state index contributed by atoms with van der Waals surface area (Å²) >= 11 is 3.48. The smallest absolute Gasteiger partial charge is 0.185 e. The second-order valence-electron chi connectivity index (χ2n) is 3.61. The van der Waals surface area contributed by atoms with Gasteiger partial charge in [-0.25, -0.2) is 0 Å². The van der Waals surface area contributed by atoms with Crippen molar-refractivity contribution in [1.29, 1.82) is 0 Å². The molecule has 0 bridgehead atoms. The van der Waals surface area contributed by atoms with Gasteiger partial charge in [-0.15, -0.1) is 0 Å². The van der Waals surface area contributed by atoms with Crippen molar-refractivity contribution in [2.24, 2.45) is 0 Å². The zero-order chi connectivity index (χ0) is 11.8. The van der Waals surface area contributed by atoms with E-state index >= 15 is 0 Å². The van der Waals surface area contributed by atoms with Crippen LogP contribution in [0.2, 0.25) is 0 Å². The summed E-state index contributed by atoms with van der Waals surface area (Å²) in [6.45, 7) is 0. The Kier molecular flexibility index (Phi) is 2.33. The lowest BCUT2D eigenvalue weighted by Gasteiger charge is -2.01. The molecule has 0 unspecified atom stereocenters. The van der Waals surface area contributed by atoms with Crippen LogP contribution in [-0.2, 0) is 0 Å². The van der Waals surface area contributed by atoms with E-state index in [2.05, 4.69) is 26.1 Å². The first-order valence-corrected chi connectivity index (χ1v) is 5.75. The van der Waals surface area contributed by atoms with Gasteiger partial charge in [-0.2, -0.15) is 5.10 Å². The number of rotatable bonds is 2. The molecule has 1 N–H and O–H groups in total. The molecule has 0 saturated heterocycles. The Labute approximate surface area is 105 Å². The molecular formula is C12H7BrN2O2. The molecule has 0 aliphatic rings. The van der Waals surface area contributed by atoms with Crippen LogP contribution < -0.4 is 0 Å². The van der Waals surface area contributed by atoms with Gasteiger partial charge in [0.2, 0.25) is 0 Å². The normalized spacial score (nSPS) is 10.9. The van der Waals surface area contributed by atoms with Gasteiger partial charge in [0.15, 0.2) is 12.0 Å². The number of hydrogen-bond donors (Lipinski definition) is 1. The maximum atomic E-state index is 10.6. The van der Waals surface area contributed by atoms with E-state index in [-0.39, 0.29) is 0 Å². The molecule has 4 nitrogen and oxygen atoms in total. The van der Waals surface area contributed by atoms with Gasteiger partial charge in [0.05, 0.1) is 11.7 Å². The molecule has 0 aliphatic heterocycles. The van der Waals surface area contributed by atoms with Crippen LogP contribution in [0.3, 0.4) is 0 Å². The van der Waals surface area contributed by atoms with Crippen molar-refractivity contribution >= 4 is 33.1 Å². The van der Waals surface area contributed by atoms with Gasteiger partial charge in [-0.05, 0) is 24.3 Å². The zero-order valence-corrected chi connectivity index (χ0v) is 10.2. The number of benzene rings is 1. The van der Waals surface area contributed by atoms with E-state index in [0.717, 1.165) is 20.9 Å². The Morgan fingerprint density at radius 2 is 2.24 bits per heavy atom. The summed E-state index contributed by atoms with van der Waals surface area (Å²) in [5, 5.41) is 7.88. The van der Waals surface area contributed by atoms with Crippen molar-refractivity contribution in [2.75, 3.05) is 0 Å². The van der Waals surface area contributed by atoms with Crippen LogP contribution in [-0.4, -0.2) is 16.5 Å². The number of nitrogens with zero attached hydrogens (tertiary/aromatic N) is 1. The maximum Gasteiger partial charge on any atom is 0.185 e. The second kappa shape index (κ2) is 3.85. The molecule has 0 saturated carbocycles. The predicted molar refractivity (Wildman–Crippen MR) is 66.9 cm³/mol. The number of carbonyl (C=O) groups excluding carboxylic acids is 1. The molecule has 0 aliphatic carbocycles. The molecule has 2 heterocycles. The Balaban J connectivity index is 2.21. The lowest BCUT2D eigenvalue weighted by molar-refractivity contribution is 0.110. The van der Waals surface area contributed by atoms with Gasteiger partial charge in [0.1, 0.15) is 5.76 Å². The zero-order valence-electron chi connectivity index (χ0n) is 8.61. The quantitative estimate of drug-likeness (QED) is 0.736. The fraction of sp³-hybridized carbons (Fsp3) is 0. The van der Waals surface area contributed by atoms with Crippen molar-refractivity contribution < 1.29 is 9.21 Å². The molecule has 0 atom stereocenters. The van der Waals surface area contributed by atoms with Gasteiger partial charge in [0, 0.05) is 15.4 Å². The summed E-state index contributed by atoms with van der Waals surface area (Å²) in [4.78, 5) is 10.6.